The van der Waals surface area contributed by atoms with Crippen LogP contribution < -0.4 is 0 Å². The summed E-state index contributed by atoms with van der Waals surface area (Å²) in [7, 11) is 1.46. The highest BCUT2D eigenvalue weighted by molar-refractivity contribution is 5.95. The molecule has 3 unspecified atom stereocenters. The molecule has 2 bridgehead atoms. The fourth-order valence-corrected chi connectivity index (χ4v) is 10.0. The molecule has 8 heteroatoms. The van der Waals surface area contributed by atoms with Crippen molar-refractivity contribution >= 4 is 18.7 Å². The number of unbranched alkanes of at least 4 members (excludes halogenated alkanes) is 8. The Bertz CT molecular complexity index is 1150. The van der Waals surface area contributed by atoms with Gasteiger partial charge in [0.15, 0.2) is 5.78 Å². The highest BCUT2D eigenvalue weighted by Crippen LogP contribution is 2.77. The minimum Gasteiger partial charge on any atom is -0.499 e. The number of methoxy groups -OCH3 is 1. The number of aliphatic hydroxyl groups excluding tert-OH is 1. The Morgan fingerprint density at radius 1 is 1.04 bits per heavy atom. The molecule has 0 aromatic heterocycles. The first-order chi connectivity index (χ1) is 21.4. The fourth-order valence-electron chi connectivity index (χ4n) is 10.0. The summed E-state index contributed by atoms with van der Waals surface area (Å²) in [6.45, 7) is 12.9. The van der Waals surface area contributed by atoms with E-state index in [0.717, 1.165) is 24.8 Å². The lowest BCUT2D eigenvalue weighted by Crippen LogP contribution is -2.63. The Balaban J connectivity index is 1.65. The van der Waals surface area contributed by atoms with Gasteiger partial charge >= 0.3 is 0 Å². The maximum absolute atomic E-state index is 15.1. The SMILES string of the molecule is CCCCCCCCCCC[C@]1(C)C2[C@H]3C=C(OC)[C@@H](O)[C@]4(O)[C@@H](CC(C)C(C)OC=O)C(C)=C[C@@]4(C3=O)[C@H](C)C[C@]21OC=O. The lowest BCUT2D eigenvalue weighted by Gasteiger charge is -2.50. The van der Waals surface area contributed by atoms with Gasteiger partial charge in [-0.05, 0) is 51.0 Å². The van der Waals surface area contributed by atoms with Gasteiger partial charge in [-0.25, -0.2) is 0 Å². The van der Waals surface area contributed by atoms with E-state index in [9.17, 15) is 19.8 Å². The number of ether oxygens (including phenoxy) is 3. The van der Waals surface area contributed by atoms with Gasteiger partial charge in [-0.3, -0.25) is 14.4 Å². The second kappa shape index (κ2) is 13.9. The Morgan fingerprint density at radius 3 is 2.24 bits per heavy atom. The van der Waals surface area contributed by atoms with Crippen LogP contribution in [0.15, 0.2) is 23.5 Å². The number of aliphatic hydroxyl groups is 2. The van der Waals surface area contributed by atoms with Crippen LogP contribution in [0, 0.1) is 40.4 Å². The summed E-state index contributed by atoms with van der Waals surface area (Å²) in [5, 5.41) is 24.9. The van der Waals surface area contributed by atoms with Crippen LogP contribution >= 0.6 is 0 Å². The zero-order valence-corrected chi connectivity index (χ0v) is 28.7. The number of Topliss-reactive ketones (excluding diaryl/α,β-unsaturated/α-hetero) is 1. The molecule has 4 aliphatic rings. The van der Waals surface area contributed by atoms with Gasteiger partial charge in [-0.1, -0.05) is 97.1 Å². The van der Waals surface area contributed by atoms with E-state index in [4.69, 9.17) is 14.2 Å². The van der Waals surface area contributed by atoms with Crippen LogP contribution in [-0.2, 0) is 28.6 Å². The largest absolute Gasteiger partial charge is 0.499 e. The molecule has 2 N–H and O–H groups in total. The number of hydrogen-bond acceptors (Lipinski definition) is 8. The second-order valence-electron chi connectivity index (χ2n) is 15.0. The summed E-state index contributed by atoms with van der Waals surface area (Å²) in [5.41, 5.74) is -3.76. The van der Waals surface area contributed by atoms with Gasteiger partial charge < -0.3 is 24.4 Å². The highest BCUT2D eigenvalue weighted by atomic mass is 16.6. The standard InChI is InChI=1S/C37H58O8/c1-8-9-10-11-12-13-14-15-16-17-34(6)31-28-19-30(43-7)33(41)37(42)29(18-24(2)27(5)44-22-38)25(3)20-35(37,32(28)40)26(4)21-36(31,34)45-23-39/h19-20,22-24,26-29,31,33,41-42H,8-18,21H2,1-7H3/t24?,26-,27?,28-,29+,31?,33-,34-,35+,36+,37-/m1/s1. The van der Waals surface area contributed by atoms with E-state index in [1.165, 1.54) is 52.1 Å². The van der Waals surface area contributed by atoms with Crippen molar-refractivity contribution < 1.29 is 38.8 Å². The smallest absolute Gasteiger partial charge is 0.293 e. The number of allylic oxidation sites excluding steroid dienone is 1. The second-order valence-corrected chi connectivity index (χ2v) is 15.0. The molecule has 0 saturated heterocycles. The van der Waals surface area contributed by atoms with Crippen molar-refractivity contribution in [2.75, 3.05) is 7.11 Å². The van der Waals surface area contributed by atoms with Crippen molar-refractivity contribution in [1.82, 2.24) is 0 Å². The third-order valence-corrected chi connectivity index (χ3v) is 12.7. The molecule has 254 valence electrons. The van der Waals surface area contributed by atoms with E-state index in [2.05, 4.69) is 13.8 Å². The average molecular weight is 631 g/mol. The van der Waals surface area contributed by atoms with Crippen LogP contribution in [-0.4, -0.2) is 59.5 Å². The number of hydrogen-bond donors (Lipinski definition) is 2. The van der Waals surface area contributed by atoms with E-state index < -0.39 is 52.0 Å². The molecule has 0 aromatic rings. The Kier molecular flexibility index (Phi) is 11.0. The minimum absolute atomic E-state index is 0.146. The molecular formula is C37H58O8. The molecule has 45 heavy (non-hydrogen) atoms. The average Bonchev–Trinajstić information content (AvgIpc) is 3.44. The van der Waals surface area contributed by atoms with Gasteiger partial charge in [0.2, 0.25) is 0 Å². The van der Waals surface area contributed by atoms with Crippen LogP contribution in [0.3, 0.4) is 0 Å². The molecule has 4 aliphatic carbocycles. The Labute approximate surface area is 270 Å². The summed E-state index contributed by atoms with van der Waals surface area (Å²) in [6.07, 6.45) is 14.3. The molecule has 0 radical (unpaired) electrons. The van der Waals surface area contributed by atoms with Gasteiger partial charge in [0.25, 0.3) is 12.9 Å². The van der Waals surface area contributed by atoms with Crippen molar-refractivity contribution in [2.24, 2.45) is 40.4 Å². The van der Waals surface area contributed by atoms with E-state index >= 15 is 4.79 Å². The van der Waals surface area contributed by atoms with Crippen LogP contribution in [0.2, 0.25) is 0 Å². The van der Waals surface area contributed by atoms with Crippen LogP contribution in [0.5, 0.6) is 0 Å². The lowest BCUT2D eigenvalue weighted by atomic mass is 9.56. The maximum Gasteiger partial charge on any atom is 0.293 e. The summed E-state index contributed by atoms with van der Waals surface area (Å²) in [6, 6.07) is 0. The van der Waals surface area contributed by atoms with Gasteiger partial charge in [0.1, 0.15) is 29.2 Å². The topological polar surface area (TPSA) is 119 Å². The number of fused-ring (bicyclic) bond motifs is 3. The van der Waals surface area contributed by atoms with Crippen molar-refractivity contribution in [3.63, 3.8) is 0 Å². The summed E-state index contributed by atoms with van der Waals surface area (Å²) in [4.78, 5) is 38.2. The van der Waals surface area contributed by atoms with Crippen LogP contribution in [0.1, 0.15) is 119 Å². The van der Waals surface area contributed by atoms with Crippen molar-refractivity contribution in [3.8, 4) is 0 Å². The van der Waals surface area contributed by atoms with E-state index in [1.807, 2.05) is 26.8 Å². The maximum atomic E-state index is 15.1. The van der Waals surface area contributed by atoms with Gasteiger partial charge in [0, 0.05) is 23.2 Å². The molecule has 2 saturated carbocycles. The first kappa shape index (κ1) is 35.7. The quantitative estimate of drug-likeness (QED) is 0.101. The molecular weight excluding hydrogens is 572 g/mol. The summed E-state index contributed by atoms with van der Waals surface area (Å²) < 4.78 is 17.0. The Hall–Kier alpha value is -2.19. The molecule has 2 fully saturated rings. The highest BCUT2D eigenvalue weighted by Gasteiger charge is 2.84. The zero-order chi connectivity index (χ0) is 33.2. The summed E-state index contributed by atoms with van der Waals surface area (Å²) in [5.74, 6) is -2.15. The molecule has 0 aromatic carbocycles. The van der Waals surface area contributed by atoms with Crippen molar-refractivity contribution in [3.05, 3.63) is 23.5 Å². The van der Waals surface area contributed by atoms with Crippen LogP contribution in [0.25, 0.3) is 0 Å². The monoisotopic (exact) mass is 630 g/mol. The van der Waals surface area contributed by atoms with E-state index in [-0.39, 0.29) is 23.4 Å². The molecule has 8 nitrogen and oxygen atoms in total. The molecule has 11 atom stereocenters. The first-order valence-electron chi connectivity index (χ1n) is 17.5. The van der Waals surface area contributed by atoms with Gasteiger partial charge in [-0.15, -0.1) is 0 Å². The molecule has 0 aliphatic heterocycles. The first-order valence-corrected chi connectivity index (χ1v) is 17.5. The fraction of sp³-hybridized carbons (Fsp3) is 0.811. The number of rotatable bonds is 18. The predicted molar refractivity (Wildman–Crippen MR) is 172 cm³/mol. The minimum atomic E-state index is -1.90. The number of carbonyl (C=O) groups is 3. The van der Waals surface area contributed by atoms with Crippen molar-refractivity contribution in [1.29, 1.82) is 0 Å². The van der Waals surface area contributed by atoms with Crippen LogP contribution in [0.4, 0.5) is 0 Å². The third kappa shape index (κ3) is 5.60. The van der Waals surface area contributed by atoms with Gasteiger partial charge in [-0.2, -0.15) is 0 Å². The van der Waals surface area contributed by atoms with E-state index in [0.29, 0.717) is 25.8 Å². The normalized spacial score (nSPS) is 39.7. The number of ketones is 1. The lowest BCUT2D eigenvalue weighted by molar-refractivity contribution is -0.185. The summed E-state index contributed by atoms with van der Waals surface area (Å²) >= 11 is 0. The molecule has 4 rings (SSSR count). The number of carbonyl (C=O) groups excluding carboxylic acids is 3. The van der Waals surface area contributed by atoms with Gasteiger partial charge in [0.05, 0.1) is 12.5 Å². The zero-order valence-electron chi connectivity index (χ0n) is 28.7. The predicted octanol–water partition coefficient (Wildman–Crippen LogP) is 6.47. The third-order valence-electron chi connectivity index (χ3n) is 12.7. The molecule has 0 amide bonds. The molecule has 1 spiro atoms. The van der Waals surface area contributed by atoms with Crippen molar-refractivity contribution in [2.45, 2.75) is 142 Å². The molecule has 0 heterocycles. The Morgan fingerprint density at radius 2 is 1.67 bits per heavy atom. The van der Waals surface area contributed by atoms with E-state index in [1.54, 1.807) is 13.0 Å².